The molecule has 2 fully saturated rings. The number of rotatable bonds is 7. The van der Waals surface area contributed by atoms with Gasteiger partial charge in [-0.25, -0.2) is 4.98 Å². The van der Waals surface area contributed by atoms with Gasteiger partial charge < -0.3 is 24.3 Å². The van der Waals surface area contributed by atoms with Gasteiger partial charge >= 0.3 is 6.18 Å². The van der Waals surface area contributed by atoms with Crippen molar-refractivity contribution in [3.63, 3.8) is 0 Å². The van der Waals surface area contributed by atoms with Gasteiger partial charge in [0.1, 0.15) is 0 Å². The highest BCUT2D eigenvalue weighted by Gasteiger charge is 2.32. The monoisotopic (exact) mass is 498 g/mol. The molecule has 2 aliphatic rings. The van der Waals surface area contributed by atoms with Gasteiger partial charge in [-0.1, -0.05) is 11.8 Å². The van der Waals surface area contributed by atoms with Crippen LogP contribution in [0.4, 0.5) is 24.5 Å². The van der Waals surface area contributed by atoms with E-state index in [2.05, 4.69) is 14.9 Å². The van der Waals surface area contributed by atoms with E-state index in [1.165, 1.54) is 17.8 Å². The third-order valence-corrected chi connectivity index (χ3v) is 7.09. The first kappa shape index (κ1) is 24.9. The predicted octanol–water partition coefficient (Wildman–Crippen LogP) is 4.27. The SMILES string of the molecule is Cc1nc(SCC(=O)Nc2cc(C(F)(F)F)ccc2N2CCOCC2)n(C[C@@H]2CCCO2)c1C. The number of anilines is 2. The zero-order valence-corrected chi connectivity index (χ0v) is 20.1. The van der Waals surface area contributed by atoms with E-state index >= 15 is 0 Å². The van der Waals surface area contributed by atoms with Gasteiger partial charge in [-0.15, -0.1) is 0 Å². The summed E-state index contributed by atoms with van der Waals surface area (Å²) in [4.78, 5) is 19.3. The number of nitrogens with one attached hydrogen (secondary N) is 1. The molecular weight excluding hydrogens is 469 g/mol. The molecule has 186 valence electrons. The summed E-state index contributed by atoms with van der Waals surface area (Å²) >= 11 is 1.27. The maximum atomic E-state index is 13.3. The molecule has 1 N–H and O–H groups in total. The highest BCUT2D eigenvalue weighted by molar-refractivity contribution is 7.99. The Labute approximate surface area is 201 Å². The number of alkyl halides is 3. The number of carbonyl (C=O) groups is 1. The number of morpholine rings is 1. The molecule has 1 atom stereocenters. The van der Waals surface area contributed by atoms with Crippen LogP contribution < -0.4 is 10.2 Å². The lowest BCUT2D eigenvalue weighted by atomic mass is 10.1. The van der Waals surface area contributed by atoms with E-state index in [0.29, 0.717) is 43.7 Å². The van der Waals surface area contributed by atoms with Crippen molar-refractivity contribution in [2.75, 3.05) is 48.9 Å². The highest BCUT2D eigenvalue weighted by Crippen LogP contribution is 2.36. The van der Waals surface area contributed by atoms with Crippen LogP contribution in [0.2, 0.25) is 0 Å². The number of carbonyl (C=O) groups excluding carboxylic acids is 1. The molecular formula is C23H29F3N4O3S. The van der Waals surface area contributed by atoms with E-state index in [1.807, 2.05) is 18.7 Å². The minimum atomic E-state index is -4.50. The lowest BCUT2D eigenvalue weighted by Gasteiger charge is -2.31. The third kappa shape index (κ3) is 5.87. The first-order chi connectivity index (χ1) is 16.2. The smallest absolute Gasteiger partial charge is 0.378 e. The molecule has 0 bridgehead atoms. The Kier molecular flexibility index (Phi) is 7.73. The van der Waals surface area contributed by atoms with E-state index in [1.54, 1.807) is 0 Å². The molecule has 3 heterocycles. The van der Waals surface area contributed by atoms with Crippen molar-refractivity contribution in [2.24, 2.45) is 0 Å². The Morgan fingerprint density at radius 2 is 2.00 bits per heavy atom. The van der Waals surface area contributed by atoms with E-state index < -0.39 is 11.7 Å². The summed E-state index contributed by atoms with van der Waals surface area (Å²) in [6.07, 6.45) is -2.35. The Morgan fingerprint density at radius 3 is 2.68 bits per heavy atom. The van der Waals surface area contributed by atoms with Gasteiger partial charge in [-0.2, -0.15) is 13.2 Å². The third-order valence-electron chi connectivity index (χ3n) is 6.12. The van der Waals surface area contributed by atoms with Crippen molar-refractivity contribution in [1.82, 2.24) is 9.55 Å². The number of hydrogen-bond acceptors (Lipinski definition) is 6. The van der Waals surface area contributed by atoms with E-state index in [4.69, 9.17) is 9.47 Å². The maximum absolute atomic E-state index is 13.3. The Hall–Kier alpha value is -2.24. The summed E-state index contributed by atoms with van der Waals surface area (Å²) < 4.78 is 53.1. The summed E-state index contributed by atoms with van der Waals surface area (Å²) in [5.41, 5.74) is 1.81. The van der Waals surface area contributed by atoms with E-state index in [0.717, 1.165) is 43.0 Å². The fourth-order valence-electron chi connectivity index (χ4n) is 4.15. The lowest BCUT2D eigenvalue weighted by molar-refractivity contribution is -0.137. The number of amides is 1. The first-order valence-electron chi connectivity index (χ1n) is 11.3. The van der Waals surface area contributed by atoms with Crippen LogP contribution in [0.5, 0.6) is 0 Å². The fourth-order valence-corrected chi connectivity index (χ4v) is 5.05. The number of benzene rings is 1. The standard InChI is InChI=1S/C23H29F3N4O3S/c1-15-16(2)30(13-18-4-3-9-33-18)22(27-15)34-14-21(31)28-19-12-17(23(24,25)26)5-6-20(19)29-7-10-32-11-8-29/h5-6,12,18H,3-4,7-11,13-14H2,1-2H3,(H,28,31)/t18-/m0/s1. The zero-order chi connectivity index (χ0) is 24.3. The molecule has 11 heteroatoms. The van der Waals surface area contributed by atoms with Crippen molar-refractivity contribution in [1.29, 1.82) is 0 Å². The summed E-state index contributed by atoms with van der Waals surface area (Å²) in [6, 6.07) is 3.46. The van der Waals surface area contributed by atoms with Crippen LogP contribution in [0.15, 0.2) is 23.4 Å². The molecule has 2 aromatic rings. The normalized spacial score (nSPS) is 19.0. The van der Waals surface area contributed by atoms with Crippen LogP contribution >= 0.6 is 11.8 Å². The summed E-state index contributed by atoms with van der Waals surface area (Å²) in [5.74, 6) is -0.360. The van der Waals surface area contributed by atoms with E-state index in [9.17, 15) is 18.0 Å². The second kappa shape index (κ2) is 10.6. The van der Waals surface area contributed by atoms with Gasteiger partial charge in [-0.3, -0.25) is 4.79 Å². The molecule has 1 aromatic carbocycles. The van der Waals surface area contributed by atoms with Crippen LogP contribution in [0.25, 0.3) is 0 Å². The molecule has 34 heavy (non-hydrogen) atoms. The predicted molar refractivity (Wildman–Crippen MR) is 125 cm³/mol. The Balaban J connectivity index is 1.48. The van der Waals surface area contributed by atoms with Gasteiger partial charge in [0.25, 0.3) is 0 Å². The number of halogens is 3. The number of hydrogen-bond donors (Lipinski definition) is 1. The van der Waals surface area contributed by atoms with Crippen LogP contribution in [-0.4, -0.2) is 60.2 Å². The largest absolute Gasteiger partial charge is 0.416 e. The van der Waals surface area contributed by atoms with Crippen molar-refractivity contribution in [3.8, 4) is 0 Å². The molecule has 2 saturated heterocycles. The van der Waals surface area contributed by atoms with Gasteiger partial charge in [0, 0.05) is 25.4 Å². The molecule has 0 radical (unpaired) electrons. The van der Waals surface area contributed by atoms with Crippen molar-refractivity contribution >= 4 is 29.0 Å². The maximum Gasteiger partial charge on any atom is 0.416 e. The van der Waals surface area contributed by atoms with Crippen LogP contribution in [0, 0.1) is 13.8 Å². The van der Waals surface area contributed by atoms with Crippen LogP contribution in [0.3, 0.4) is 0 Å². The lowest BCUT2D eigenvalue weighted by Crippen LogP contribution is -2.37. The molecule has 1 aromatic heterocycles. The number of nitrogens with zero attached hydrogens (tertiary/aromatic N) is 3. The van der Waals surface area contributed by atoms with Gasteiger partial charge in [0.15, 0.2) is 5.16 Å². The van der Waals surface area contributed by atoms with E-state index in [-0.39, 0.29) is 23.5 Å². The Morgan fingerprint density at radius 1 is 1.24 bits per heavy atom. The first-order valence-corrected chi connectivity index (χ1v) is 12.3. The molecule has 0 unspecified atom stereocenters. The Bertz CT molecular complexity index is 1020. The van der Waals surface area contributed by atoms with Crippen LogP contribution in [-0.2, 0) is 27.0 Å². The summed E-state index contributed by atoms with van der Waals surface area (Å²) in [7, 11) is 0. The topological polar surface area (TPSA) is 68.6 Å². The van der Waals surface area contributed by atoms with Gasteiger partial charge in [0.05, 0.1) is 54.2 Å². The van der Waals surface area contributed by atoms with Crippen molar-refractivity contribution in [3.05, 3.63) is 35.2 Å². The van der Waals surface area contributed by atoms with Crippen LogP contribution in [0.1, 0.15) is 29.8 Å². The molecule has 0 spiro atoms. The molecule has 0 aliphatic carbocycles. The number of ether oxygens (including phenoxy) is 2. The minimum absolute atomic E-state index is 0.0280. The summed E-state index contributed by atoms with van der Waals surface area (Å²) in [5, 5.41) is 3.41. The number of aromatic nitrogens is 2. The second-order valence-electron chi connectivity index (χ2n) is 8.48. The number of thioether (sulfide) groups is 1. The van der Waals surface area contributed by atoms with Crippen molar-refractivity contribution < 1.29 is 27.4 Å². The molecule has 4 rings (SSSR count). The number of imidazole rings is 1. The average molecular weight is 499 g/mol. The average Bonchev–Trinajstić information content (AvgIpc) is 3.41. The quantitative estimate of drug-likeness (QED) is 0.576. The number of aryl methyl sites for hydroxylation is 1. The molecule has 1 amide bonds. The summed E-state index contributed by atoms with van der Waals surface area (Å²) in [6.45, 7) is 7.38. The van der Waals surface area contributed by atoms with Gasteiger partial charge in [0.2, 0.25) is 5.91 Å². The highest BCUT2D eigenvalue weighted by atomic mass is 32.2. The zero-order valence-electron chi connectivity index (χ0n) is 19.3. The molecule has 7 nitrogen and oxygen atoms in total. The van der Waals surface area contributed by atoms with Gasteiger partial charge in [-0.05, 0) is 44.9 Å². The second-order valence-corrected chi connectivity index (χ2v) is 9.42. The molecule has 0 saturated carbocycles. The minimum Gasteiger partial charge on any atom is -0.378 e. The fraction of sp³-hybridized carbons (Fsp3) is 0.565. The molecule has 2 aliphatic heterocycles. The van der Waals surface area contributed by atoms with Crippen molar-refractivity contribution in [2.45, 2.75) is 50.7 Å².